The standard InChI is InChI=1S/C24H31N3O2/c1-16-8-9-21(18(3)14-16)25-23(28)15-27-12-10-20(11-13-27)24(29)26-22-7-5-6-17(2)19(22)4/h5-9,14,20H,10-13,15H2,1-4H3,(H,25,28)(H,26,29). The summed E-state index contributed by atoms with van der Waals surface area (Å²) >= 11 is 0. The van der Waals surface area contributed by atoms with E-state index in [9.17, 15) is 9.59 Å². The van der Waals surface area contributed by atoms with Gasteiger partial charge in [-0.3, -0.25) is 14.5 Å². The predicted molar refractivity (Wildman–Crippen MR) is 118 cm³/mol. The summed E-state index contributed by atoms with van der Waals surface area (Å²) in [6.45, 7) is 9.99. The summed E-state index contributed by atoms with van der Waals surface area (Å²) in [4.78, 5) is 27.2. The van der Waals surface area contributed by atoms with E-state index < -0.39 is 0 Å². The summed E-state index contributed by atoms with van der Waals surface area (Å²) in [5, 5.41) is 6.09. The molecule has 5 heteroatoms. The van der Waals surface area contributed by atoms with Crippen molar-refractivity contribution in [2.75, 3.05) is 30.3 Å². The fourth-order valence-electron chi connectivity index (χ4n) is 3.82. The molecule has 154 valence electrons. The zero-order chi connectivity index (χ0) is 21.0. The first kappa shape index (κ1) is 21.1. The molecule has 1 aliphatic rings. The molecule has 0 bridgehead atoms. The van der Waals surface area contributed by atoms with Crippen LogP contribution < -0.4 is 10.6 Å². The highest BCUT2D eigenvalue weighted by Crippen LogP contribution is 2.23. The van der Waals surface area contributed by atoms with Gasteiger partial charge in [0.25, 0.3) is 0 Å². The first-order valence-electron chi connectivity index (χ1n) is 10.3. The average molecular weight is 394 g/mol. The van der Waals surface area contributed by atoms with Gasteiger partial charge in [-0.25, -0.2) is 0 Å². The minimum atomic E-state index is -0.00596. The maximum Gasteiger partial charge on any atom is 0.238 e. The van der Waals surface area contributed by atoms with Gasteiger partial charge in [-0.15, -0.1) is 0 Å². The van der Waals surface area contributed by atoms with Crippen molar-refractivity contribution in [3.8, 4) is 0 Å². The van der Waals surface area contributed by atoms with Gasteiger partial charge in [-0.1, -0.05) is 29.8 Å². The molecular weight excluding hydrogens is 362 g/mol. The van der Waals surface area contributed by atoms with Crippen LogP contribution in [0.25, 0.3) is 0 Å². The topological polar surface area (TPSA) is 61.4 Å². The van der Waals surface area contributed by atoms with E-state index in [1.165, 1.54) is 11.1 Å². The zero-order valence-corrected chi connectivity index (χ0v) is 17.8. The van der Waals surface area contributed by atoms with Gasteiger partial charge in [0.2, 0.25) is 11.8 Å². The maximum absolute atomic E-state index is 12.7. The van der Waals surface area contributed by atoms with E-state index in [1.54, 1.807) is 0 Å². The van der Waals surface area contributed by atoms with Crippen LogP contribution in [0.15, 0.2) is 36.4 Å². The molecular formula is C24H31N3O2. The SMILES string of the molecule is Cc1ccc(NC(=O)CN2CCC(C(=O)Nc3cccc(C)c3C)CC2)c(C)c1. The molecule has 0 radical (unpaired) electrons. The van der Waals surface area contributed by atoms with Crippen LogP contribution in [0.2, 0.25) is 0 Å². The van der Waals surface area contributed by atoms with Gasteiger partial charge in [0.1, 0.15) is 0 Å². The third kappa shape index (κ3) is 5.45. The highest BCUT2D eigenvalue weighted by atomic mass is 16.2. The van der Waals surface area contributed by atoms with Crippen molar-refractivity contribution in [3.05, 3.63) is 58.7 Å². The van der Waals surface area contributed by atoms with Crippen LogP contribution in [0.4, 0.5) is 11.4 Å². The van der Waals surface area contributed by atoms with E-state index in [1.807, 2.05) is 58.0 Å². The summed E-state index contributed by atoms with van der Waals surface area (Å²) < 4.78 is 0. The molecule has 1 saturated heterocycles. The van der Waals surface area contributed by atoms with Gasteiger partial charge in [-0.2, -0.15) is 0 Å². The molecule has 0 aliphatic carbocycles. The number of carbonyl (C=O) groups is 2. The number of carbonyl (C=O) groups excluding carboxylic acids is 2. The molecule has 2 amide bonds. The predicted octanol–water partition coefficient (Wildman–Crippen LogP) is 4.21. The first-order valence-corrected chi connectivity index (χ1v) is 10.3. The largest absolute Gasteiger partial charge is 0.326 e. The molecule has 0 atom stereocenters. The highest BCUT2D eigenvalue weighted by molar-refractivity contribution is 5.94. The Morgan fingerprint density at radius 1 is 0.931 bits per heavy atom. The Balaban J connectivity index is 1.48. The van der Waals surface area contributed by atoms with Gasteiger partial charge in [0.15, 0.2) is 0 Å². The molecule has 1 fully saturated rings. The van der Waals surface area contributed by atoms with Crippen LogP contribution in [0.1, 0.15) is 35.1 Å². The number of nitrogens with zero attached hydrogens (tertiary/aromatic N) is 1. The number of hydrogen-bond donors (Lipinski definition) is 2. The fraction of sp³-hybridized carbons (Fsp3) is 0.417. The smallest absolute Gasteiger partial charge is 0.238 e. The van der Waals surface area contributed by atoms with Crippen LogP contribution in [0.3, 0.4) is 0 Å². The monoisotopic (exact) mass is 393 g/mol. The molecule has 0 saturated carbocycles. The van der Waals surface area contributed by atoms with E-state index in [0.29, 0.717) is 6.54 Å². The number of rotatable bonds is 5. The average Bonchev–Trinajstić information content (AvgIpc) is 2.68. The number of piperidine rings is 1. The van der Waals surface area contributed by atoms with Crippen molar-refractivity contribution < 1.29 is 9.59 Å². The van der Waals surface area contributed by atoms with Gasteiger partial charge >= 0.3 is 0 Å². The van der Waals surface area contributed by atoms with Crippen LogP contribution in [0, 0.1) is 33.6 Å². The molecule has 1 heterocycles. The minimum Gasteiger partial charge on any atom is -0.326 e. The molecule has 5 nitrogen and oxygen atoms in total. The number of nitrogens with one attached hydrogen (secondary N) is 2. The lowest BCUT2D eigenvalue weighted by Gasteiger charge is -2.31. The van der Waals surface area contributed by atoms with Crippen molar-refractivity contribution in [1.29, 1.82) is 0 Å². The number of benzene rings is 2. The van der Waals surface area contributed by atoms with Crippen molar-refractivity contribution in [2.45, 2.75) is 40.5 Å². The maximum atomic E-state index is 12.7. The van der Waals surface area contributed by atoms with E-state index in [0.717, 1.165) is 48.4 Å². The first-order chi connectivity index (χ1) is 13.8. The van der Waals surface area contributed by atoms with Crippen LogP contribution >= 0.6 is 0 Å². The number of anilines is 2. The summed E-state index contributed by atoms with van der Waals surface area (Å²) in [6.07, 6.45) is 1.54. The van der Waals surface area contributed by atoms with Crippen molar-refractivity contribution in [1.82, 2.24) is 4.90 Å². The molecule has 2 N–H and O–H groups in total. The minimum absolute atomic E-state index is 0.00441. The van der Waals surface area contributed by atoms with E-state index in [-0.39, 0.29) is 17.7 Å². The van der Waals surface area contributed by atoms with Crippen molar-refractivity contribution in [3.63, 3.8) is 0 Å². The Kier molecular flexibility index (Phi) is 6.70. The van der Waals surface area contributed by atoms with Crippen LogP contribution in [-0.2, 0) is 9.59 Å². The van der Waals surface area contributed by atoms with Gasteiger partial charge < -0.3 is 10.6 Å². The van der Waals surface area contributed by atoms with E-state index in [2.05, 4.69) is 21.6 Å². The van der Waals surface area contributed by atoms with Gasteiger partial charge in [0.05, 0.1) is 6.54 Å². The quantitative estimate of drug-likeness (QED) is 0.800. The molecule has 0 unspecified atom stereocenters. The van der Waals surface area contributed by atoms with Crippen molar-refractivity contribution in [2.24, 2.45) is 5.92 Å². The summed E-state index contributed by atoms with van der Waals surface area (Å²) in [6, 6.07) is 12.0. The second-order valence-electron chi connectivity index (χ2n) is 8.15. The number of hydrogen-bond acceptors (Lipinski definition) is 3. The summed E-state index contributed by atoms with van der Waals surface area (Å²) in [5.41, 5.74) is 6.30. The summed E-state index contributed by atoms with van der Waals surface area (Å²) in [7, 11) is 0. The molecule has 1 aliphatic heterocycles. The lowest BCUT2D eigenvalue weighted by molar-refractivity contribution is -0.121. The third-order valence-electron chi connectivity index (χ3n) is 5.84. The Morgan fingerprint density at radius 3 is 2.34 bits per heavy atom. The molecule has 2 aromatic rings. The normalized spacial score (nSPS) is 15.2. The molecule has 3 rings (SSSR count). The molecule has 0 spiro atoms. The van der Waals surface area contributed by atoms with Crippen molar-refractivity contribution >= 4 is 23.2 Å². The highest BCUT2D eigenvalue weighted by Gasteiger charge is 2.26. The van der Waals surface area contributed by atoms with Crippen LogP contribution in [-0.4, -0.2) is 36.3 Å². The third-order valence-corrected chi connectivity index (χ3v) is 5.84. The molecule has 0 aromatic heterocycles. The lowest BCUT2D eigenvalue weighted by atomic mass is 9.95. The Bertz CT molecular complexity index is 899. The van der Waals surface area contributed by atoms with Gasteiger partial charge in [-0.05, 0) is 82.4 Å². The molecule has 2 aromatic carbocycles. The summed E-state index contributed by atoms with van der Waals surface area (Å²) in [5.74, 6) is 0.0712. The van der Waals surface area contributed by atoms with Gasteiger partial charge in [0, 0.05) is 17.3 Å². The van der Waals surface area contributed by atoms with E-state index >= 15 is 0 Å². The van der Waals surface area contributed by atoms with Crippen LogP contribution in [0.5, 0.6) is 0 Å². The number of likely N-dealkylation sites (tertiary alicyclic amines) is 1. The Hall–Kier alpha value is -2.66. The number of aryl methyl sites for hydroxylation is 3. The zero-order valence-electron chi connectivity index (χ0n) is 17.8. The molecule has 29 heavy (non-hydrogen) atoms. The second-order valence-corrected chi connectivity index (χ2v) is 8.15. The van der Waals surface area contributed by atoms with E-state index in [4.69, 9.17) is 0 Å². The Morgan fingerprint density at radius 2 is 1.66 bits per heavy atom. The number of amides is 2. The Labute approximate surface area is 173 Å². The lowest BCUT2D eigenvalue weighted by Crippen LogP contribution is -2.41. The second kappa shape index (κ2) is 9.23. The fourth-order valence-corrected chi connectivity index (χ4v) is 3.82.